The lowest BCUT2D eigenvalue weighted by Gasteiger charge is -2.35. The molecule has 2 heterocycles. The summed E-state index contributed by atoms with van der Waals surface area (Å²) in [6.45, 7) is 20.3. The van der Waals surface area contributed by atoms with E-state index in [9.17, 15) is 27.6 Å². The van der Waals surface area contributed by atoms with Gasteiger partial charge in [0.2, 0.25) is 17.7 Å². The number of esters is 1. The topological polar surface area (TPSA) is 177 Å². The molecule has 2 aromatic rings. The highest BCUT2D eigenvalue weighted by molar-refractivity contribution is 7.85. The van der Waals surface area contributed by atoms with Gasteiger partial charge in [-0.2, -0.15) is 8.42 Å². The molecule has 2 saturated carbocycles. The third kappa shape index (κ3) is 9.64. The van der Waals surface area contributed by atoms with Crippen molar-refractivity contribution in [1.82, 2.24) is 14.6 Å². The van der Waals surface area contributed by atoms with Crippen molar-refractivity contribution in [2.24, 2.45) is 22.7 Å². The van der Waals surface area contributed by atoms with Crippen LogP contribution < -0.4 is 18.9 Å². The van der Waals surface area contributed by atoms with Crippen LogP contribution in [0.2, 0.25) is 0 Å². The minimum Gasteiger partial charge on any atom is -0.496 e. The lowest BCUT2D eigenvalue weighted by molar-refractivity contribution is -0.161. The van der Waals surface area contributed by atoms with E-state index in [0.29, 0.717) is 47.7 Å². The molecule has 1 N–H and O–H groups in total. The average Bonchev–Trinajstić information content (AvgIpc) is 3.94. The Labute approximate surface area is 330 Å². The third-order valence-corrected chi connectivity index (χ3v) is 11.9. The molecule has 5 atom stereocenters. The van der Waals surface area contributed by atoms with Crippen molar-refractivity contribution < 1.29 is 50.7 Å². The number of amides is 2. The molecule has 0 radical (unpaired) electrons. The summed E-state index contributed by atoms with van der Waals surface area (Å²) >= 11 is 0. The number of hydrogen-bond acceptors (Lipinski definition) is 12. The number of methoxy groups -OCH3 is 1. The number of ether oxygens (including phenoxy) is 4. The van der Waals surface area contributed by atoms with Crippen LogP contribution in [0.25, 0.3) is 10.9 Å². The Morgan fingerprint density at radius 3 is 2.34 bits per heavy atom. The molecule has 5 rings (SSSR count). The second-order valence-electron chi connectivity index (χ2n) is 17.6. The largest absolute Gasteiger partial charge is 0.496 e. The zero-order valence-corrected chi connectivity index (χ0v) is 35.1. The normalized spacial score (nSPS) is 23.5. The molecule has 1 aliphatic heterocycles. The van der Waals surface area contributed by atoms with Crippen molar-refractivity contribution in [3.8, 4) is 17.4 Å². The Morgan fingerprint density at radius 1 is 1.11 bits per heavy atom. The molecule has 0 bridgehead atoms. The van der Waals surface area contributed by atoms with Gasteiger partial charge in [0, 0.05) is 29.9 Å². The predicted octanol–water partition coefficient (Wildman–Crippen LogP) is 5.77. The van der Waals surface area contributed by atoms with Crippen molar-refractivity contribution in [1.29, 1.82) is 0 Å². The molecule has 308 valence electrons. The Bertz CT molecular complexity index is 2000. The van der Waals surface area contributed by atoms with Crippen LogP contribution in [0.4, 0.5) is 0 Å². The van der Waals surface area contributed by atoms with Crippen LogP contribution in [0.15, 0.2) is 30.9 Å². The van der Waals surface area contributed by atoms with E-state index >= 15 is 0 Å². The summed E-state index contributed by atoms with van der Waals surface area (Å²) in [5.41, 5.74) is -2.40. The number of fused-ring (bicyclic) bond motifs is 1. The first-order valence-electron chi connectivity index (χ1n) is 19.2. The number of rotatable bonds is 16. The monoisotopic (exact) mass is 799 g/mol. The lowest BCUT2D eigenvalue weighted by Crippen LogP contribution is -2.49. The molecule has 2 aliphatic carbocycles. The summed E-state index contributed by atoms with van der Waals surface area (Å²) in [5.74, 6) is -2.28. The highest BCUT2D eigenvalue weighted by Gasteiger charge is 2.61. The van der Waals surface area contributed by atoms with Gasteiger partial charge in [-0.25, -0.2) is 13.9 Å². The summed E-state index contributed by atoms with van der Waals surface area (Å²) in [6.07, 6.45) is 1.57. The molecule has 1 aromatic carbocycles. The van der Waals surface area contributed by atoms with E-state index in [1.165, 1.54) is 11.0 Å². The van der Waals surface area contributed by atoms with Crippen LogP contribution in [0.5, 0.6) is 17.4 Å². The fourth-order valence-electron chi connectivity index (χ4n) is 7.40. The maximum absolute atomic E-state index is 14.7. The molecule has 1 saturated heterocycles. The number of ketones is 1. The quantitative estimate of drug-likeness (QED) is 0.160. The van der Waals surface area contributed by atoms with Crippen molar-refractivity contribution >= 4 is 44.8 Å². The number of pyridine rings is 1. The summed E-state index contributed by atoms with van der Waals surface area (Å²) < 4.78 is 56.5. The van der Waals surface area contributed by atoms with Crippen LogP contribution in [-0.2, 0) is 38.4 Å². The maximum Gasteiger partial charge on any atom is 0.362 e. The van der Waals surface area contributed by atoms with Gasteiger partial charge in [0.1, 0.15) is 23.2 Å². The second kappa shape index (κ2) is 15.6. The number of hydrogen-bond donors (Lipinski definition) is 1. The van der Waals surface area contributed by atoms with Crippen LogP contribution in [0.3, 0.4) is 0 Å². The number of aromatic nitrogens is 1. The van der Waals surface area contributed by atoms with Crippen molar-refractivity contribution in [3.05, 3.63) is 36.4 Å². The summed E-state index contributed by atoms with van der Waals surface area (Å²) in [6, 6.07) is 4.23. The molecule has 3 fully saturated rings. The first kappa shape index (κ1) is 42.9. The van der Waals surface area contributed by atoms with E-state index in [1.54, 1.807) is 46.9 Å². The van der Waals surface area contributed by atoms with Gasteiger partial charge in [-0.15, -0.1) is 6.58 Å². The minimum absolute atomic E-state index is 0.00998. The van der Waals surface area contributed by atoms with Gasteiger partial charge in [-0.05, 0) is 84.3 Å². The highest BCUT2D eigenvalue weighted by atomic mass is 32.2. The molecule has 1 aromatic heterocycles. The van der Waals surface area contributed by atoms with E-state index < -0.39 is 79.9 Å². The zero-order valence-electron chi connectivity index (χ0n) is 34.3. The van der Waals surface area contributed by atoms with Crippen molar-refractivity contribution in [2.75, 3.05) is 20.3 Å². The van der Waals surface area contributed by atoms with E-state index in [0.717, 1.165) is 5.56 Å². The first-order chi connectivity index (χ1) is 25.9. The average molecular weight is 800 g/mol. The van der Waals surface area contributed by atoms with Gasteiger partial charge >= 0.3 is 16.3 Å². The number of aryl methyl sites for hydroxylation is 1. The Kier molecular flexibility index (Phi) is 11.9. The van der Waals surface area contributed by atoms with Crippen LogP contribution >= 0.6 is 0 Å². The number of carbonyl (C=O) groups is 4. The van der Waals surface area contributed by atoms with Gasteiger partial charge in [0.05, 0.1) is 55.2 Å². The van der Waals surface area contributed by atoms with Crippen LogP contribution in [-0.4, -0.2) is 85.5 Å². The Hall–Kier alpha value is -4.24. The van der Waals surface area contributed by atoms with Gasteiger partial charge < -0.3 is 23.8 Å². The Morgan fingerprint density at radius 2 is 1.79 bits per heavy atom. The summed E-state index contributed by atoms with van der Waals surface area (Å²) in [7, 11) is -2.89. The van der Waals surface area contributed by atoms with E-state index in [4.69, 9.17) is 23.1 Å². The van der Waals surface area contributed by atoms with E-state index in [2.05, 4.69) is 11.6 Å². The number of likely N-dealkylation sites (tertiary alicyclic amines) is 1. The minimum atomic E-state index is -4.46. The first-order valence-corrected chi connectivity index (χ1v) is 20.6. The summed E-state index contributed by atoms with van der Waals surface area (Å²) in [4.78, 5) is 62.2. The highest BCUT2D eigenvalue weighted by Crippen LogP contribution is 2.57. The molecule has 3 aliphatic rings. The third-order valence-electron chi connectivity index (χ3n) is 10.8. The molecule has 0 spiro atoms. The SMILES string of the molecule is C=C[C@@H]1C[C@]1(CC(=O)[C@@H]1C[C@@H](Oc2cc(OCC)nc3c(C)c(OC)ccc23)CN1C(=O)[C@@H](CC(=O)OC(C)(C)C)C(C)(C)C)C(=O)NS(=O)(=O)OC1(C)CC1. The van der Waals surface area contributed by atoms with Crippen molar-refractivity contribution in [3.63, 3.8) is 0 Å². The Balaban J connectivity index is 1.49. The zero-order chi connectivity index (χ0) is 41.6. The maximum atomic E-state index is 14.7. The number of nitrogens with one attached hydrogen (secondary N) is 1. The van der Waals surface area contributed by atoms with Gasteiger partial charge in [-0.1, -0.05) is 26.8 Å². The number of benzene rings is 1. The second-order valence-corrected chi connectivity index (χ2v) is 18.9. The van der Waals surface area contributed by atoms with Crippen LogP contribution in [0.1, 0.15) is 99.5 Å². The summed E-state index contributed by atoms with van der Waals surface area (Å²) in [5, 5.41) is 0.669. The molecular weight excluding hydrogens is 743 g/mol. The number of nitrogens with zero attached hydrogens (tertiary/aromatic N) is 2. The lowest BCUT2D eigenvalue weighted by atomic mass is 9.77. The number of allylic oxidation sites excluding steroid dienone is 1. The standard InChI is InChI=1S/C41H57N3O11S/c1-12-25-21-41(25,37(48)43-56(49,50)55-40(10)16-17-40)22-30(45)29-18-26(23-44(29)36(47)28(38(4,5)6)19-34(46)54-39(7,8)9)53-32-20-33(52-13-2)42-35-24(3)31(51-11)15-14-27(32)35/h12,14-15,20,25-26,28-29H,1,13,16-19,21-23H2,2-11H3,(H,43,48)/t25-,26-,28-,29+,41-/m1/s1. The molecule has 14 nitrogen and oxygen atoms in total. The number of carbonyl (C=O) groups excluding carboxylic acids is 4. The van der Waals surface area contributed by atoms with Gasteiger partial charge in [0.15, 0.2) is 5.78 Å². The number of Topliss-reactive ketones (excluding diaryl/α,β-unsaturated/α-hetero) is 1. The molecular formula is C41H57N3O11S. The van der Waals surface area contributed by atoms with E-state index in [-0.39, 0.29) is 32.2 Å². The van der Waals surface area contributed by atoms with Crippen molar-refractivity contribution in [2.45, 2.75) is 124 Å². The fraction of sp³-hybridized carbons (Fsp3) is 0.634. The smallest absolute Gasteiger partial charge is 0.362 e. The molecule has 15 heteroatoms. The van der Waals surface area contributed by atoms with Gasteiger partial charge in [-0.3, -0.25) is 19.2 Å². The van der Waals surface area contributed by atoms with Gasteiger partial charge in [0.25, 0.3) is 0 Å². The van der Waals surface area contributed by atoms with E-state index in [1.807, 2.05) is 45.4 Å². The molecule has 2 amide bonds. The molecule has 0 unspecified atom stereocenters. The predicted molar refractivity (Wildman–Crippen MR) is 208 cm³/mol. The fourth-order valence-corrected chi connectivity index (χ4v) is 8.57. The van der Waals surface area contributed by atoms with Crippen LogP contribution in [0, 0.1) is 29.6 Å². The molecule has 56 heavy (non-hydrogen) atoms.